The average Bonchev–Trinajstić information content (AvgIpc) is 3.04. The summed E-state index contributed by atoms with van der Waals surface area (Å²) in [6.45, 7) is 2.79. The molecule has 0 bridgehead atoms. The van der Waals surface area contributed by atoms with Gasteiger partial charge in [-0.3, -0.25) is 9.36 Å². The molecule has 0 unspecified atom stereocenters. The summed E-state index contributed by atoms with van der Waals surface area (Å²) in [7, 11) is 0. The number of nitrogens with zero attached hydrogens (tertiary/aromatic N) is 2. The van der Waals surface area contributed by atoms with Gasteiger partial charge in [-0.1, -0.05) is 41.4 Å². The fourth-order valence-electron chi connectivity index (χ4n) is 2.40. The molecule has 25 heavy (non-hydrogen) atoms. The van der Waals surface area contributed by atoms with E-state index in [9.17, 15) is 9.59 Å². The Bertz CT molecular complexity index is 947. The van der Waals surface area contributed by atoms with Crippen LogP contribution in [0.1, 0.15) is 35.7 Å². The van der Waals surface area contributed by atoms with Crippen LogP contribution in [0.2, 0.25) is 0 Å². The van der Waals surface area contributed by atoms with E-state index < -0.39 is 5.97 Å². The molecular formula is C18H17BrN2O3S. The van der Waals surface area contributed by atoms with Gasteiger partial charge in [-0.2, -0.15) is 0 Å². The van der Waals surface area contributed by atoms with Crippen LogP contribution in [0, 0.1) is 0 Å². The predicted molar refractivity (Wildman–Crippen MR) is 102 cm³/mol. The second-order valence-electron chi connectivity index (χ2n) is 5.62. The van der Waals surface area contributed by atoms with E-state index in [4.69, 9.17) is 4.74 Å². The molecule has 5 nitrogen and oxygen atoms in total. The number of rotatable bonds is 6. The Morgan fingerprint density at radius 3 is 2.80 bits per heavy atom. The van der Waals surface area contributed by atoms with Crippen molar-refractivity contribution in [2.45, 2.75) is 26.3 Å². The fraction of sp³-hybridized carbons (Fsp3) is 0.278. The number of benzene rings is 1. The van der Waals surface area contributed by atoms with Crippen LogP contribution in [-0.4, -0.2) is 22.1 Å². The molecule has 3 rings (SSSR count). The van der Waals surface area contributed by atoms with Crippen LogP contribution < -0.4 is 5.56 Å². The number of unbranched alkanes of at least 4 members (excludes halogenated alkanes) is 1. The van der Waals surface area contributed by atoms with Gasteiger partial charge in [-0.15, -0.1) is 11.3 Å². The van der Waals surface area contributed by atoms with Crippen LogP contribution >= 0.6 is 27.3 Å². The molecule has 7 heteroatoms. The first kappa shape index (κ1) is 17.8. The van der Waals surface area contributed by atoms with Gasteiger partial charge in [-0.25, -0.2) is 9.78 Å². The Kier molecular flexibility index (Phi) is 5.65. The zero-order chi connectivity index (χ0) is 17.8. The maximum atomic E-state index is 12.8. The van der Waals surface area contributed by atoms with Crippen LogP contribution in [0.15, 0.2) is 45.2 Å². The van der Waals surface area contributed by atoms with E-state index in [1.807, 2.05) is 31.2 Å². The monoisotopic (exact) mass is 420 g/mol. The first-order valence-corrected chi connectivity index (χ1v) is 9.65. The summed E-state index contributed by atoms with van der Waals surface area (Å²) in [5.74, 6) is -0.458. The number of hydrogen-bond acceptors (Lipinski definition) is 5. The number of thiophene rings is 1. The molecule has 0 amide bonds. The largest absolute Gasteiger partial charge is 0.462 e. The number of carbonyl (C=O) groups excluding carboxylic acids is 1. The van der Waals surface area contributed by atoms with Gasteiger partial charge in [0.1, 0.15) is 4.83 Å². The summed E-state index contributed by atoms with van der Waals surface area (Å²) in [5.41, 5.74) is 1.06. The third-order valence-corrected chi connectivity index (χ3v) is 5.19. The Labute approximate surface area is 157 Å². The molecule has 0 spiro atoms. The number of ether oxygens (including phenoxy) is 1. The van der Waals surface area contributed by atoms with E-state index in [0.29, 0.717) is 28.9 Å². The number of halogens is 1. The molecule has 0 saturated carbocycles. The molecule has 1 aromatic carbocycles. The summed E-state index contributed by atoms with van der Waals surface area (Å²) in [6.07, 6.45) is 3.27. The van der Waals surface area contributed by atoms with E-state index in [0.717, 1.165) is 22.9 Å². The smallest absolute Gasteiger partial charge is 0.339 e. The highest BCUT2D eigenvalue weighted by Gasteiger charge is 2.18. The van der Waals surface area contributed by atoms with E-state index in [1.165, 1.54) is 22.2 Å². The second kappa shape index (κ2) is 7.93. The molecule has 130 valence electrons. The molecule has 0 radical (unpaired) electrons. The summed E-state index contributed by atoms with van der Waals surface area (Å²) in [5, 5.41) is 1.99. The molecular weight excluding hydrogens is 404 g/mol. The lowest BCUT2D eigenvalue weighted by Crippen LogP contribution is -2.22. The molecule has 0 atom stereocenters. The predicted octanol–water partition coefficient (Wildman–Crippen LogP) is 4.23. The topological polar surface area (TPSA) is 61.2 Å². The molecule has 0 aliphatic rings. The highest BCUT2D eigenvalue weighted by molar-refractivity contribution is 9.10. The van der Waals surface area contributed by atoms with Gasteiger partial charge >= 0.3 is 5.97 Å². The summed E-state index contributed by atoms with van der Waals surface area (Å²) >= 11 is 4.67. The summed E-state index contributed by atoms with van der Waals surface area (Å²) in [4.78, 5) is 30.0. The highest BCUT2D eigenvalue weighted by atomic mass is 79.9. The molecule has 0 N–H and O–H groups in total. The lowest BCUT2D eigenvalue weighted by atomic mass is 10.2. The normalized spacial score (nSPS) is 11.0. The zero-order valence-corrected chi connectivity index (χ0v) is 16.1. The first-order chi connectivity index (χ1) is 12.1. The van der Waals surface area contributed by atoms with Crippen LogP contribution in [0.25, 0.3) is 10.2 Å². The van der Waals surface area contributed by atoms with Crippen molar-refractivity contribution in [3.8, 4) is 0 Å². The number of esters is 1. The Hall–Kier alpha value is -1.99. The Balaban J connectivity index is 1.93. The van der Waals surface area contributed by atoms with E-state index >= 15 is 0 Å². The second-order valence-corrected chi connectivity index (χ2v) is 7.40. The van der Waals surface area contributed by atoms with Crippen molar-refractivity contribution in [1.29, 1.82) is 0 Å². The van der Waals surface area contributed by atoms with Crippen LogP contribution in [-0.2, 0) is 11.3 Å². The van der Waals surface area contributed by atoms with Crippen molar-refractivity contribution >= 4 is 43.5 Å². The van der Waals surface area contributed by atoms with Crippen molar-refractivity contribution in [3.05, 3.63) is 61.9 Å². The van der Waals surface area contributed by atoms with Crippen molar-refractivity contribution in [3.63, 3.8) is 0 Å². The molecule has 0 aliphatic carbocycles. The fourth-order valence-corrected chi connectivity index (χ4v) is 3.53. The minimum Gasteiger partial charge on any atom is -0.462 e. The number of fused-ring (bicyclic) bond motifs is 1. The van der Waals surface area contributed by atoms with Gasteiger partial charge in [0.25, 0.3) is 5.56 Å². The van der Waals surface area contributed by atoms with Gasteiger partial charge in [-0.05, 0) is 24.1 Å². The maximum absolute atomic E-state index is 12.8. The lowest BCUT2D eigenvalue weighted by Gasteiger charge is -2.07. The maximum Gasteiger partial charge on any atom is 0.339 e. The van der Waals surface area contributed by atoms with Gasteiger partial charge in [0.05, 0.1) is 30.4 Å². The van der Waals surface area contributed by atoms with Gasteiger partial charge in [0.2, 0.25) is 0 Å². The SMILES string of the molecule is CCCCOC(=O)c1csc2ncn(Cc3ccc(Br)cc3)c(=O)c12. The first-order valence-electron chi connectivity index (χ1n) is 7.98. The van der Waals surface area contributed by atoms with E-state index in [1.54, 1.807) is 5.38 Å². The molecule has 2 heterocycles. The quantitative estimate of drug-likeness (QED) is 0.442. The number of carbonyl (C=O) groups is 1. The van der Waals surface area contributed by atoms with Crippen molar-refractivity contribution < 1.29 is 9.53 Å². The Morgan fingerprint density at radius 2 is 2.08 bits per heavy atom. The Morgan fingerprint density at radius 1 is 1.32 bits per heavy atom. The van der Waals surface area contributed by atoms with E-state index in [2.05, 4.69) is 20.9 Å². The third-order valence-electron chi connectivity index (χ3n) is 3.78. The van der Waals surface area contributed by atoms with Crippen LogP contribution in [0.5, 0.6) is 0 Å². The lowest BCUT2D eigenvalue weighted by molar-refractivity contribution is 0.0502. The van der Waals surface area contributed by atoms with Gasteiger partial charge in [0, 0.05) is 9.85 Å². The van der Waals surface area contributed by atoms with Crippen molar-refractivity contribution in [1.82, 2.24) is 9.55 Å². The average molecular weight is 421 g/mol. The number of hydrogen-bond donors (Lipinski definition) is 0. The summed E-state index contributed by atoms with van der Waals surface area (Å²) in [6, 6.07) is 7.73. The third kappa shape index (κ3) is 3.99. The van der Waals surface area contributed by atoms with Crippen LogP contribution in [0.3, 0.4) is 0 Å². The van der Waals surface area contributed by atoms with Crippen molar-refractivity contribution in [2.75, 3.05) is 6.61 Å². The van der Waals surface area contributed by atoms with Crippen LogP contribution in [0.4, 0.5) is 0 Å². The molecule has 0 fully saturated rings. The van der Waals surface area contributed by atoms with Gasteiger partial charge < -0.3 is 4.74 Å². The number of aromatic nitrogens is 2. The molecule has 0 saturated heterocycles. The van der Waals surface area contributed by atoms with E-state index in [-0.39, 0.29) is 5.56 Å². The molecule has 0 aliphatic heterocycles. The zero-order valence-electron chi connectivity index (χ0n) is 13.7. The molecule has 2 aromatic heterocycles. The molecule has 3 aromatic rings. The van der Waals surface area contributed by atoms with Crippen molar-refractivity contribution in [2.24, 2.45) is 0 Å². The minimum absolute atomic E-state index is 0.225. The van der Waals surface area contributed by atoms with Gasteiger partial charge in [0.15, 0.2) is 0 Å². The standard InChI is InChI=1S/C18H17BrN2O3S/c1-2-3-8-24-18(23)14-10-25-16-15(14)17(22)21(11-20-16)9-12-4-6-13(19)7-5-12/h4-7,10-11H,2-3,8-9H2,1H3. The summed E-state index contributed by atoms with van der Waals surface area (Å²) < 4.78 is 7.74. The highest BCUT2D eigenvalue weighted by Crippen LogP contribution is 2.22. The minimum atomic E-state index is -0.458.